The Kier molecular flexibility index (Phi) is 4.00. The highest BCUT2D eigenvalue weighted by Gasteiger charge is 2.08. The molecule has 1 aromatic heterocycles. The van der Waals surface area contributed by atoms with E-state index in [2.05, 4.69) is 25.9 Å². The van der Waals surface area contributed by atoms with Crippen LogP contribution in [-0.2, 0) is 16.0 Å². The number of hydrogen-bond donors (Lipinski definition) is 0. The van der Waals surface area contributed by atoms with E-state index in [1.54, 1.807) is 26.2 Å². The van der Waals surface area contributed by atoms with Crippen molar-refractivity contribution in [3.8, 4) is 0 Å². The van der Waals surface area contributed by atoms with E-state index in [1.165, 1.54) is 0 Å². The van der Waals surface area contributed by atoms with Gasteiger partial charge in [-0.1, -0.05) is 0 Å². The summed E-state index contributed by atoms with van der Waals surface area (Å²) in [5.41, 5.74) is 0. The summed E-state index contributed by atoms with van der Waals surface area (Å²) in [7, 11) is 0. The van der Waals surface area contributed by atoms with E-state index in [4.69, 9.17) is 4.74 Å². The van der Waals surface area contributed by atoms with Crippen molar-refractivity contribution < 1.29 is 9.53 Å². The second kappa shape index (κ2) is 5.05. The second-order valence-electron chi connectivity index (χ2n) is 3.03. The van der Waals surface area contributed by atoms with Gasteiger partial charge in [-0.15, -0.1) is 0 Å². The van der Waals surface area contributed by atoms with Gasteiger partial charge in [0.05, 0.1) is 10.6 Å². The molecular weight excluding hydrogens is 248 g/mol. The van der Waals surface area contributed by atoms with E-state index >= 15 is 0 Å². The van der Waals surface area contributed by atoms with Crippen LogP contribution in [0.4, 0.5) is 0 Å². The van der Waals surface area contributed by atoms with Crippen LogP contribution in [0.1, 0.15) is 19.7 Å². The predicted molar refractivity (Wildman–Crippen MR) is 54.7 cm³/mol. The standard InChI is InChI=1S/C9H11BrN2O2/c1-6(2)14-9(13)3-8-11-4-7(10)5-12-8/h4-6H,3H2,1-2H3. The predicted octanol–water partition coefficient (Wildman–Crippen LogP) is 1.73. The second-order valence-corrected chi connectivity index (χ2v) is 3.95. The number of nitrogens with zero attached hydrogens (tertiary/aromatic N) is 2. The Morgan fingerprint density at radius 1 is 1.50 bits per heavy atom. The number of esters is 1. The summed E-state index contributed by atoms with van der Waals surface area (Å²) in [6.45, 7) is 3.61. The SMILES string of the molecule is CC(C)OC(=O)Cc1ncc(Br)cn1. The first-order chi connectivity index (χ1) is 6.58. The third-order valence-electron chi connectivity index (χ3n) is 1.34. The zero-order valence-corrected chi connectivity index (χ0v) is 9.61. The molecule has 4 nitrogen and oxygen atoms in total. The molecule has 14 heavy (non-hydrogen) atoms. The maximum atomic E-state index is 11.2. The molecule has 1 rings (SSSR count). The molecule has 5 heteroatoms. The maximum Gasteiger partial charge on any atom is 0.313 e. The summed E-state index contributed by atoms with van der Waals surface area (Å²) in [4.78, 5) is 19.1. The summed E-state index contributed by atoms with van der Waals surface area (Å²) in [5.74, 6) is 0.168. The van der Waals surface area contributed by atoms with Crippen LogP contribution in [-0.4, -0.2) is 22.0 Å². The molecule has 0 amide bonds. The molecular formula is C9H11BrN2O2. The van der Waals surface area contributed by atoms with Crippen molar-refractivity contribution in [2.24, 2.45) is 0 Å². The highest BCUT2D eigenvalue weighted by Crippen LogP contribution is 2.05. The molecule has 0 N–H and O–H groups in total. The van der Waals surface area contributed by atoms with Crippen LogP contribution < -0.4 is 0 Å². The molecule has 1 aromatic rings. The number of aromatic nitrogens is 2. The number of hydrogen-bond acceptors (Lipinski definition) is 4. The summed E-state index contributed by atoms with van der Waals surface area (Å²) in [6, 6.07) is 0. The Labute approximate surface area is 90.8 Å². The van der Waals surface area contributed by atoms with Crippen LogP contribution >= 0.6 is 15.9 Å². The van der Waals surface area contributed by atoms with Gasteiger partial charge in [0.1, 0.15) is 12.2 Å². The topological polar surface area (TPSA) is 52.1 Å². The molecule has 0 saturated heterocycles. The monoisotopic (exact) mass is 258 g/mol. The van der Waals surface area contributed by atoms with Crippen LogP contribution in [0.2, 0.25) is 0 Å². The fourth-order valence-electron chi connectivity index (χ4n) is 0.864. The van der Waals surface area contributed by atoms with Gasteiger partial charge in [-0.25, -0.2) is 9.97 Å². The van der Waals surface area contributed by atoms with E-state index in [9.17, 15) is 4.79 Å². The first kappa shape index (κ1) is 11.1. The Balaban J connectivity index is 2.52. The lowest BCUT2D eigenvalue weighted by Crippen LogP contribution is -2.15. The number of halogens is 1. The van der Waals surface area contributed by atoms with Crippen LogP contribution in [0, 0.1) is 0 Å². The van der Waals surface area contributed by atoms with Crippen molar-refractivity contribution in [1.29, 1.82) is 0 Å². The minimum absolute atomic E-state index is 0.0991. The van der Waals surface area contributed by atoms with E-state index in [0.29, 0.717) is 5.82 Å². The number of rotatable bonds is 3. The van der Waals surface area contributed by atoms with Gasteiger partial charge in [-0.3, -0.25) is 4.79 Å². The molecule has 0 radical (unpaired) electrons. The van der Waals surface area contributed by atoms with Gasteiger partial charge in [0.2, 0.25) is 0 Å². The summed E-state index contributed by atoms with van der Waals surface area (Å²) >= 11 is 3.21. The summed E-state index contributed by atoms with van der Waals surface area (Å²) < 4.78 is 5.74. The van der Waals surface area contributed by atoms with Crippen LogP contribution in [0.25, 0.3) is 0 Å². The van der Waals surface area contributed by atoms with Crippen LogP contribution in [0.15, 0.2) is 16.9 Å². The highest BCUT2D eigenvalue weighted by molar-refractivity contribution is 9.10. The van der Waals surface area contributed by atoms with Crippen LogP contribution in [0.3, 0.4) is 0 Å². The molecule has 0 fully saturated rings. The van der Waals surface area contributed by atoms with E-state index in [-0.39, 0.29) is 18.5 Å². The zero-order valence-electron chi connectivity index (χ0n) is 8.03. The van der Waals surface area contributed by atoms with Gasteiger partial charge in [0.25, 0.3) is 0 Å². The van der Waals surface area contributed by atoms with Gasteiger partial charge in [-0.2, -0.15) is 0 Å². The van der Waals surface area contributed by atoms with Crippen molar-refractivity contribution >= 4 is 21.9 Å². The maximum absolute atomic E-state index is 11.2. The smallest absolute Gasteiger partial charge is 0.313 e. The molecule has 0 bridgehead atoms. The van der Waals surface area contributed by atoms with Gasteiger partial charge in [0, 0.05) is 12.4 Å². The average molecular weight is 259 g/mol. The first-order valence-corrected chi connectivity index (χ1v) is 5.03. The average Bonchev–Trinajstić information content (AvgIpc) is 2.07. The summed E-state index contributed by atoms with van der Waals surface area (Å²) in [5, 5.41) is 0. The molecule has 0 saturated carbocycles. The van der Waals surface area contributed by atoms with E-state index in [1.807, 2.05) is 0 Å². The fourth-order valence-corrected chi connectivity index (χ4v) is 1.07. The van der Waals surface area contributed by atoms with E-state index < -0.39 is 0 Å². The minimum atomic E-state index is -0.303. The number of ether oxygens (including phenoxy) is 1. The largest absolute Gasteiger partial charge is 0.463 e. The molecule has 0 spiro atoms. The van der Waals surface area contributed by atoms with Crippen molar-refractivity contribution in [2.75, 3.05) is 0 Å². The van der Waals surface area contributed by atoms with Crippen molar-refractivity contribution in [1.82, 2.24) is 9.97 Å². The molecule has 0 atom stereocenters. The van der Waals surface area contributed by atoms with E-state index in [0.717, 1.165) is 4.47 Å². The third-order valence-corrected chi connectivity index (χ3v) is 1.75. The summed E-state index contributed by atoms with van der Waals surface area (Å²) in [6.07, 6.45) is 3.22. The molecule has 0 aliphatic carbocycles. The first-order valence-electron chi connectivity index (χ1n) is 4.24. The van der Waals surface area contributed by atoms with Crippen molar-refractivity contribution in [3.05, 3.63) is 22.7 Å². The lowest BCUT2D eigenvalue weighted by molar-refractivity contribution is -0.146. The Morgan fingerprint density at radius 2 is 2.07 bits per heavy atom. The Bertz CT molecular complexity index is 311. The molecule has 0 aliphatic heterocycles. The van der Waals surface area contributed by atoms with Crippen molar-refractivity contribution in [2.45, 2.75) is 26.4 Å². The van der Waals surface area contributed by atoms with Gasteiger partial charge >= 0.3 is 5.97 Å². The normalized spacial score (nSPS) is 10.3. The zero-order chi connectivity index (χ0) is 10.6. The van der Waals surface area contributed by atoms with Gasteiger partial charge < -0.3 is 4.74 Å². The van der Waals surface area contributed by atoms with Crippen molar-refractivity contribution in [3.63, 3.8) is 0 Å². The molecule has 76 valence electrons. The third kappa shape index (κ3) is 3.83. The highest BCUT2D eigenvalue weighted by atomic mass is 79.9. The fraction of sp³-hybridized carbons (Fsp3) is 0.444. The minimum Gasteiger partial charge on any atom is -0.463 e. The molecule has 1 heterocycles. The van der Waals surface area contributed by atoms with Crippen LogP contribution in [0.5, 0.6) is 0 Å². The quantitative estimate of drug-likeness (QED) is 0.776. The Morgan fingerprint density at radius 3 is 2.57 bits per heavy atom. The van der Waals surface area contributed by atoms with Gasteiger partial charge in [0.15, 0.2) is 0 Å². The molecule has 0 aliphatic rings. The number of carbonyl (C=O) groups is 1. The Hall–Kier alpha value is -0.970. The number of carbonyl (C=O) groups excluding carboxylic acids is 1. The van der Waals surface area contributed by atoms with Gasteiger partial charge in [-0.05, 0) is 29.8 Å². The molecule has 0 unspecified atom stereocenters. The lowest BCUT2D eigenvalue weighted by atomic mass is 10.4. The lowest BCUT2D eigenvalue weighted by Gasteiger charge is -2.06. The molecule has 0 aromatic carbocycles.